The van der Waals surface area contributed by atoms with E-state index < -0.39 is 15.4 Å². The van der Waals surface area contributed by atoms with E-state index in [1.165, 1.54) is 70.6 Å². The van der Waals surface area contributed by atoms with E-state index in [4.69, 9.17) is 4.43 Å². The van der Waals surface area contributed by atoms with Crippen LogP contribution in [-0.4, -0.2) is 21.5 Å². The molecule has 0 bridgehead atoms. The summed E-state index contributed by atoms with van der Waals surface area (Å²) in [6, 6.07) is 0. The molecule has 0 aliphatic rings. The van der Waals surface area contributed by atoms with E-state index >= 15 is 0 Å². The Bertz CT molecular complexity index is 259. The molecular weight excluding hydrogens is 300 g/mol. The molecule has 1 unspecified atom stereocenters. The Kier molecular flexibility index (Phi) is 12.1. The van der Waals surface area contributed by atoms with Crippen molar-refractivity contribution in [3.8, 4) is 0 Å². The average molecular weight is 345 g/mol. The highest BCUT2D eigenvalue weighted by Gasteiger charge is 2.40. The van der Waals surface area contributed by atoms with Crippen molar-refractivity contribution in [2.24, 2.45) is 0 Å². The number of hydrogen-bond acceptors (Lipinski definition) is 1. The zero-order chi connectivity index (χ0) is 17.1. The zero-order valence-corrected chi connectivity index (χ0v) is 18.8. The van der Waals surface area contributed by atoms with Crippen LogP contribution in [0.15, 0.2) is 0 Å². The number of unbranched alkanes of at least 4 members (excludes halogenated alkanes) is 7. The lowest BCUT2D eigenvalue weighted by Gasteiger charge is -2.38. The third-order valence-electron chi connectivity index (χ3n) is 5.28. The van der Waals surface area contributed by atoms with Crippen LogP contribution in [0.4, 0.5) is 0 Å². The Labute approximate surface area is 143 Å². The van der Waals surface area contributed by atoms with Crippen LogP contribution in [-0.2, 0) is 4.43 Å². The van der Waals surface area contributed by atoms with Gasteiger partial charge in [0, 0.05) is 6.10 Å². The molecule has 0 spiro atoms. The summed E-state index contributed by atoms with van der Waals surface area (Å²) in [6.45, 7) is 17.0. The van der Waals surface area contributed by atoms with Crippen molar-refractivity contribution in [1.82, 2.24) is 0 Å². The van der Waals surface area contributed by atoms with Gasteiger partial charge in [-0.25, -0.2) is 0 Å². The maximum absolute atomic E-state index is 6.78. The Balaban J connectivity index is 4.25. The Hall–Kier alpha value is 0.394. The number of hydrogen-bond donors (Lipinski definition) is 0. The smallest absolute Gasteiger partial charge is 0.173 e. The first-order chi connectivity index (χ1) is 10.2. The van der Waals surface area contributed by atoms with Gasteiger partial charge in [0.15, 0.2) is 7.83 Å². The maximum atomic E-state index is 6.78. The SMILES string of the molecule is CCCCCCCCC(CCCCC)O[Si](C)(C)[Si](C)(C)C. The minimum absolute atomic E-state index is 0.547. The van der Waals surface area contributed by atoms with Crippen molar-refractivity contribution in [3.05, 3.63) is 0 Å². The van der Waals surface area contributed by atoms with Crippen LogP contribution >= 0.6 is 0 Å². The van der Waals surface area contributed by atoms with Gasteiger partial charge in [-0.2, -0.15) is 0 Å². The third-order valence-corrected chi connectivity index (χ3v) is 21.0. The summed E-state index contributed by atoms with van der Waals surface area (Å²) in [7, 11) is -2.61. The lowest BCUT2D eigenvalue weighted by atomic mass is 10.0. The van der Waals surface area contributed by atoms with Crippen LogP contribution in [0.25, 0.3) is 0 Å². The Morgan fingerprint density at radius 1 is 0.636 bits per heavy atom. The molecule has 22 heavy (non-hydrogen) atoms. The van der Waals surface area contributed by atoms with Crippen molar-refractivity contribution in [2.45, 2.75) is 123 Å². The fraction of sp³-hybridized carbons (Fsp3) is 1.00. The predicted molar refractivity (Wildman–Crippen MR) is 108 cm³/mol. The molecule has 0 N–H and O–H groups in total. The fourth-order valence-corrected chi connectivity index (χ4v) is 5.61. The zero-order valence-electron chi connectivity index (χ0n) is 16.8. The van der Waals surface area contributed by atoms with Crippen LogP contribution < -0.4 is 0 Å². The molecule has 0 aliphatic heterocycles. The molecular formula is C19H44OSi2. The van der Waals surface area contributed by atoms with Crippen molar-refractivity contribution in [3.63, 3.8) is 0 Å². The monoisotopic (exact) mass is 344 g/mol. The molecule has 0 heterocycles. The second-order valence-corrected chi connectivity index (χ2v) is 24.4. The van der Waals surface area contributed by atoms with E-state index in [2.05, 4.69) is 46.6 Å². The standard InChI is InChI=1S/C19H44OSi2/c1-8-10-12-13-14-16-18-19(17-15-11-9-2)20-22(6,7)21(3,4)5/h19H,8-18H2,1-7H3. The van der Waals surface area contributed by atoms with Crippen molar-refractivity contribution < 1.29 is 4.43 Å². The summed E-state index contributed by atoms with van der Waals surface area (Å²) in [6.07, 6.45) is 15.6. The third kappa shape index (κ3) is 10.2. The fourth-order valence-electron chi connectivity index (χ4n) is 2.63. The molecule has 1 atom stereocenters. The molecule has 0 radical (unpaired) electrons. The summed E-state index contributed by atoms with van der Waals surface area (Å²) in [4.78, 5) is 0. The topological polar surface area (TPSA) is 9.23 Å². The van der Waals surface area contributed by atoms with Gasteiger partial charge < -0.3 is 4.43 Å². The van der Waals surface area contributed by atoms with Gasteiger partial charge in [0.2, 0.25) is 0 Å². The molecule has 1 nitrogen and oxygen atoms in total. The largest absolute Gasteiger partial charge is 0.417 e. The van der Waals surface area contributed by atoms with Crippen LogP contribution in [0.1, 0.15) is 84.5 Å². The Morgan fingerprint density at radius 2 is 1.05 bits per heavy atom. The van der Waals surface area contributed by atoms with Crippen molar-refractivity contribution in [1.29, 1.82) is 0 Å². The first kappa shape index (κ1) is 22.4. The lowest BCUT2D eigenvalue weighted by molar-refractivity contribution is 0.169. The summed E-state index contributed by atoms with van der Waals surface area (Å²) in [5, 5.41) is 0. The predicted octanol–water partition coefficient (Wildman–Crippen LogP) is 7.32. The van der Waals surface area contributed by atoms with E-state index in [1.54, 1.807) is 0 Å². The van der Waals surface area contributed by atoms with Crippen LogP contribution in [0, 0.1) is 0 Å². The summed E-state index contributed by atoms with van der Waals surface area (Å²) in [5.74, 6) is 0. The summed E-state index contributed by atoms with van der Waals surface area (Å²) in [5.41, 5.74) is 0. The minimum atomic E-state index is -1.47. The van der Waals surface area contributed by atoms with Gasteiger partial charge in [-0.05, 0) is 25.9 Å². The molecule has 0 amide bonds. The van der Waals surface area contributed by atoms with E-state index in [1.807, 2.05) is 0 Å². The van der Waals surface area contributed by atoms with Crippen LogP contribution in [0.2, 0.25) is 32.7 Å². The Morgan fingerprint density at radius 3 is 1.55 bits per heavy atom. The van der Waals surface area contributed by atoms with Gasteiger partial charge in [-0.15, -0.1) is 0 Å². The molecule has 0 saturated heterocycles. The number of rotatable bonds is 14. The molecule has 0 aromatic carbocycles. The molecule has 134 valence electrons. The van der Waals surface area contributed by atoms with Gasteiger partial charge in [-0.1, -0.05) is 91.3 Å². The van der Waals surface area contributed by atoms with Crippen LogP contribution in [0.3, 0.4) is 0 Å². The van der Waals surface area contributed by atoms with Crippen LogP contribution in [0.5, 0.6) is 0 Å². The van der Waals surface area contributed by atoms with E-state index in [0.29, 0.717) is 6.10 Å². The molecule has 0 saturated carbocycles. The average Bonchev–Trinajstić information content (AvgIpc) is 2.41. The van der Waals surface area contributed by atoms with Gasteiger partial charge in [0.25, 0.3) is 0 Å². The molecule has 0 aromatic heterocycles. The highest BCUT2D eigenvalue weighted by Crippen LogP contribution is 2.25. The molecule has 0 aliphatic carbocycles. The highest BCUT2D eigenvalue weighted by molar-refractivity contribution is 7.37. The first-order valence-corrected chi connectivity index (χ1v) is 17.3. The summed E-state index contributed by atoms with van der Waals surface area (Å²) < 4.78 is 6.78. The lowest BCUT2D eigenvalue weighted by Crippen LogP contribution is -2.56. The van der Waals surface area contributed by atoms with Gasteiger partial charge in [-0.3, -0.25) is 0 Å². The van der Waals surface area contributed by atoms with Crippen molar-refractivity contribution in [2.75, 3.05) is 0 Å². The molecule has 3 heteroatoms. The molecule has 0 fully saturated rings. The second-order valence-electron chi connectivity index (χ2n) is 8.55. The van der Waals surface area contributed by atoms with Crippen molar-refractivity contribution >= 4 is 15.4 Å². The molecule has 0 aromatic rings. The minimum Gasteiger partial charge on any atom is -0.417 e. The van der Waals surface area contributed by atoms with Gasteiger partial charge in [0.05, 0.1) is 7.59 Å². The highest BCUT2D eigenvalue weighted by atomic mass is 29.3. The van der Waals surface area contributed by atoms with E-state index in [0.717, 1.165) is 0 Å². The van der Waals surface area contributed by atoms with E-state index in [9.17, 15) is 0 Å². The normalized spacial score (nSPS) is 14.3. The first-order valence-electron chi connectivity index (χ1n) is 9.92. The quantitative estimate of drug-likeness (QED) is 0.237. The van der Waals surface area contributed by atoms with Gasteiger partial charge in [0.1, 0.15) is 0 Å². The maximum Gasteiger partial charge on any atom is 0.173 e. The van der Waals surface area contributed by atoms with Gasteiger partial charge >= 0.3 is 0 Å². The second kappa shape index (κ2) is 11.9. The molecule has 0 rings (SSSR count). The van der Waals surface area contributed by atoms with E-state index in [-0.39, 0.29) is 0 Å². The summed E-state index contributed by atoms with van der Waals surface area (Å²) >= 11 is 0.